The highest BCUT2D eigenvalue weighted by molar-refractivity contribution is 14.1. The van der Waals surface area contributed by atoms with Crippen LogP contribution in [0.1, 0.15) is 5.56 Å². The normalized spacial score (nSPS) is 12.7. The van der Waals surface area contributed by atoms with Crippen LogP contribution in [0, 0.1) is 0 Å². The first-order chi connectivity index (χ1) is 6.96. The first-order valence-corrected chi connectivity index (χ1v) is 9.77. The molecule has 0 spiro atoms. The molecule has 0 aliphatic rings. The molecule has 0 bridgehead atoms. The highest BCUT2D eigenvalue weighted by Gasteiger charge is 2.21. The number of benzene rings is 1. The van der Waals surface area contributed by atoms with E-state index >= 15 is 0 Å². The first kappa shape index (κ1) is 12.7. The zero-order valence-electron chi connectivity index (χ0n) is 9.55. The highest BCUT2D eigenvalue weighted by atomic mass is 127. The second-order valence-corrected chi connectivity index (χ2v) is 10.3. The van der Waals surface area contributed by atoms with Crippen molar-refractivity contribution in [2.24, 2.45) is 0 Å². The molecule has 1 rings (SSSR count). The van der Waals surface area contributed by atoms with Gasteiger partial charge >= 0.3 is 0 Å². The standard InChI is InChI=1S/C13H17ISi/c1-11(12-8-6-5-7-9-12)13(10-14)15(2,3)4/h5-10H,1H2,2-4H3/b13-10+. The molecule has 0 saturated carbocycles. The second kappa shape index (κ2) is 5.12. The van der Waals surface area contributed by atoms with Gasteiger partial charge in [-0.3, -0.25) is 0 Å². The Balaban J connectivity index is 3.05. The zero-order chi connectivity index (χ0) is 11.5. The van der Waals surface area contributed by atoms with Crippen molar-refractivity contribution in [1.82, 2.24) is 0 Å². The summed E-state index contributed by atoms with van der Waals surface area (Å²) in [6.45, 7) is 11.3. The van der Waals surface area contributed by atoms with Crippen LogP contribution in [-0.4, -0.2) is 8.07 Å². The van der Waals surface area contributed by atoms with Gasteiger partial charge in [0.1, 0.15) is 0 Å². The van der Waals surface area contributed by atoms with Gasteiger partial charge in [0.05, 0.1) is 8.07 Å². The van der Waals surface area contributed by atoms with Gasteiger partial charge in [-0.25, -0.2) is 0 Å². The Morgan fingerprint density at radius 1 is 1.20 bits per heavy atom. The topological polar surface area (TPSA) is 0 Å². The van der Waals surface area contributed by atoms with Crippen molar-refractivity contribution < 1.29 is 0 Å². The van der Waals surface area contributed by atoms with Crippen molar-refractivity contribution in [3.05, 3.63) is 51.8 Å². The van der Waals surface area contributed by atoms with E-state index in [0.29, 0.717) is 0 Å². The van der Waals surface area contributed by atoms with Crippen LogP contribution in [0.4, 0.5) is 0 Å². The second-order valence-electron chi connectivity index (χ2n) is 4.62. The number of halogens is 1. The smallest absolute Gasteiger partial charge is 0.0789 e. The molecule has 0 saturated heterocycles. The lowest BCUT2D eigenvalue weighted by atomic mass is 10.1. The molecule has 0 fully saturated rings. The third-order valence-electron chi connectivity index (χ3n) is 2.36. The summed E-state index contributed by atoms with van der Waals surface area (Å²) in [6.07, 6.45) is 0. The molecule has 1 aromatic carbocycles. The molecule has 0 aliphatic carbocycles. The molecule has 1 aromatic rings. The van der Waals surface area contributed by atoms with Crippen LogP contribution in [0.25, 0.3) is 5.57 Å². The Bertz CT molecular complexity index is 371. The maximum Gasteiger partial charge on any atom is 0.0789 e. The summed E-state index contributed by atoms with van der Waals surface area (Å²) in [5.41, 5.74) is 2.42. The van der Waals surface area contributed by atoms with Crippen molar-refractivity contribution in [2.45, 2.75) is 19.6 Å². The largest absolute Gasteiger partial charge is 0.0913 e. The zero-order valence-corrected chi connectivity index (χ0v) is 12.7. The van der Waals surface area contributed by atoms with Gasteiger partial charge in [0.25, 0.3) is 0 Å². The SMILES string of the molecule is C=C(/C(=C\I)[Si](C)(C)C)c1ccccc1. The average Bonchev–Trinajstić information content (AvgIpc) is 2.18. The minimum atomic E-state index is -1.28. The highest BCUT2D eigenvalue weighted by Crippen LogP contribution is 2.29. The Kier molecular flexibility index (Phi) is 4.34. The Morgan fingerprint density at radius 2 is 1.73 bits per heavy atom. The third-order valence-corrected chi connectivity index (χ3v) is 5.64. The minimum Gasteiger partial charge on any atom is -0.0913 e. The molecule has 0 radical (unpaired) electrons. The average molecular weight is 328 g/mol. The number of rotatable bonds is 3. The third kappa shape index (κ3) is 3.31. The molecule has 0 aromatic heterocycles. The van der Waals surface area contributed by atoms with Gasteiger partial charge in [0.15, 0.2) is 0 Å². The quantitative estimate of drug-likeness (QED) is 0.421. The van der Waals surface area contributed by atoms with Crippen LogP contribution < -0.4 is 0 Å². The predicted molar refractivity (Wildman–Crippen MR) is 80.9 cm³/mol. The fraction of sp³-hybridized carbons (Fsp3) is 0.231. The summed E-state index contributed by atoms with van der Waals surface area (Å²) in [5, 5.41) is 1.44. The van der Waals surface area contributed by atoms with Crippen LogP contribution >= 0.6 is 22.6 Å². The van der Waals surface area contributed by atoms with Crippen molar-refractivity contribution >= 4 is 36.2 Å². The summed E-state index contributed by atoms with van der Waals surface area (Å²) < 4.78 is 2.19. The molecule has 15 heavy (non-hydrogen) atoms. The molecule has 0 heterocycles. The van der Waals surface area contributed by atoms with E-state index in [-0.39, 0.29) is 0 Å². The van der Waals surface area contributed by atoms with Crippen molar-refractivity contribution in [1.29, 1.82) is 0 Å². The van der Waals surface area contributed by atoms with Gasteiger partial charge in [-0.2, -0.15) is 0 Å². The van der Waals surface area contributed by atoms with E-state index in [1.165, 1.54) is 16.3 Å². The van der Waals surface area contributed by atoms with Crippen LogP contribution in [0.3, 0.4) is 0 Å². The molecule has 2 heteroatoms. The Hall–Kier alpha value is -0.353. The van der Waals surface area contributed by atoms with E-state index in [4.69, 9.17) is 0 Å². The van der Waals surface area contributed by atoms with Crippen molar-refractivity contribution in [3.63, 3.8) is 0 Å². The lowest BCUT2D eigenvalue weighted by Crippen LogP contribution is -2.24. The van der Waals surface area contributed by atoms with E-state index < -0.39 is 8.07 Å². The predicted octanol–water partition coefficient (Wildman–Crippen LogP) is 4.90. The fourth-order valence-corrected chi connectivity index (χ4v) is 6.03. The Labute approximate surface area is 107 Å². The molecule has 0 unspecified atom stereocenters. The lowest BCUT2D eigenvalue weighted by Gasteiger charge is -2.22. The first-order valence-electron chi connectivity index (χ1n) is 5.02. The van der Waals surface area contributed by atoms with Crippen LogP contribution in [-0.2, 0) is 0 Å². The molecular weight excluding hydrogens is 311 g/mol. The molecule has 0 amide bonds. The fourth-order valence-electron chi connectivity index (χ4n) is 1.48. The van der Waals surface area contributed by atoms with Crippen molar-refractivity contribution in [3.8, 4) is 0 Å². The summed E-state index contributed by atoms with van der Waals surface area (Å²) in [5.74, 6) is 0. The molecular formula is C13H17ISi. The summed E-state index contributed by atoms with van der Waals surface area (Å²) in [4.78, 5) is 0. The molecule has 80 valence electrons. The summed E-state index contributed by atoms with van der Waals surface area (Å²) >= 11 is 2.33. The summed E-state index contributed by atoms with van der Waals surface area (Å²) in [7, 11) is -1.28. The van der Waals surface area contributed by atoms with E-state index in [9.17, 15) is 0 Å². The maximum atomic E-state index is 4.22. The van der Waals surface area contributed by atoms with Crippen LogP contribution in [0.2, 0.25) is 19.6 Å². The van der Waals surface area contributed by atoms with Gasteiger partial charge in [-0.05, 0) is 20.4 Å². The number of hydrogen-bond acceptors (Lipinski definition) is 0. The van der Waals surface area contributed by atoms with E-state index in [1.54, 1.807) is 0 Å². The van der Waals surface area contributed by atoms with Crippen LogP contribution in [0.5, 0.6) is 0 Å². The molecule has 0 nitrogen and oxygen atoms in total. The maximum absolute atomic E-state index is 4.22. The van der Waals surface area contributed by atoms with E-state index in [2.05, 4.69) is 77.2 Å². The monoisotopic (exact) mass is 328 g/mol. The van der Waals surface area contributed by atoms with E-state index in [0.717, 1.165) is 0 Å². The molecule has 0 aliphatic heterocycles. The summed E-state index contributed by atoms with van der Waals surface area (Å²) in [6, 6.07) is 10.4. The van der Waals surface area contributed by atoms with Crippen molar-refractivity contribution in [2.75, 3.05) is 0 Å². The Morgan fingerprint density at radius 3 is 2.13 bits per heavy atom. The van der Waals surface area contributed by atoms with Gasteiger partial charge < -0.3 is 0 Å². The van der Waals surface area contributed by atoms with Gasteiger partial charge in [-0.1, -0.05) is 79.1 Å². The molecule has 0 atom stereocenters. The van der Waals surface area contributed by atoms with Crippen LogP contribution in [0.15, 0.2) is 46.2 Å². The minimum absolute atomic E-state index is 1.18. The van der Waals surface area contributed by atoms with Gasteiger partial charge in [-0.15, -0.1) is 0 Å². The van der Waals surface area contributed by atoms with Gasteiger partial charge in [0, 0.05) is 0 Å². The number of allylic oxidation sites excluding steroid dienone is 2. The molecule has 0 N–H and O–H groups in total. The lowest BCUT2D eigenvalue weighted by molar-refractivity contribution is 1.59. The number of hydrogen-bond donors (Lipinski definition) is 0. The van der Waals surface area contributed by atoms with E-state index in [1.807, 2.05) is 6.07 Å². The van der Waals surface area contributed by atoms with Gasteiger partial charge in [0.2, 0.25) is 0 Å².